The summed E-state index contributed by atoms with van der Waals surface area (Å²) >= 11 is 0. The van der Waals surface area contributed by atoms with Gasteiger partial charge in [0.25, 0.3) is 5.91 Å². The molecular weight excluding hydrogens is 268 g/mol. The maximum Gasteiger partial charge on any atom is 0.257 e. The van der Waals surface area contributed by atoms with Crippen LogP contribution in [0, 0.1) is 6.92 Å². The number of nitrogens with one attached hydrogen (secondary N) is 1. The lowest BCUT2D eigenvalue weighted by Gasteiger charge is -2.21. The molecule has 3 heterocycles. The highest BCUT2D eigenvalue weighted by molar-refractivity contribution is 5.93. The van der Waals surface area contributed by atoms with Crippen LogP contribution in [0.2, 0.25) is 0 Å². The summed E-state index contributed by atoms with van der Waals surface area (Å²) < 4.78 is 4.99. The van der Waals surface area contributed by atoms with E-state index in [9.17, 15) is 4.79 Å². The van der Waals surface area contributed by atoms with E-state index in [4.69, 9.17) is 4.42 Å². The van der Waals surface area contributed by atoms with E-state index < -0.39 is 0 Å². The zero-order chi connectivity index (χ0) is 14.7. The zero-order valence-corrected chi connectivity index (χ0v) is 12.2. The Morgan fingerprint density at radius 2 is 2.29 bits per heavy atom. The number of aromatic nitrogens is 2. The predicted molar refractivity (Wildman–Crippen MR) is 77.8 cm³/mol. The highest BCUT2D eigenvalue weighted by Gasteiger charge is 2.21. The molecule has 0 unspecified atom stereocenters. The molecule has 0 radical (unpaired) electrons. The summed E-state index contributed by atoms with van der Waals surface area (Å²) in [5.41, 5.74) is 1.76. The van der Waals surface area contributed by atoms with Crippen molar-refractivity contribution in [1.29, 1.82) is 0 Å². The number of hydrogen-bond donors (Lipinski definition) is 1. The summed E-state index contributed by atoms with van der Waals surface area (Å²) in [5.74, 6) is 1.000. The zero-order valence-electron chi connectivity index (χ0n) is 12.2. The molecule has 0 spiro atoms. The molecule has 0 atom stereocenters. The Kier molecular flexibility index (Phi) is 4.06. The van der Waals surface area contributed by atoms with E-state index in [2.05, 4.69) is 14.9 Å². The Hall–Kier alpha value is -2.08. The molecule has 2 aromatic rings. The molecule has 112 valence electrons. The van der Waals surface area contributed by atoms with Crippen molar-refractivity contribution in [3.63, 3.8) is 0 Å². The maximum atomic E-state index is 12.3. The number of amides is 1. The first kappa shape index (κ1) is 13.9. The molecule has 0 bridgehead atoms. The lowest BCUT2D eigenvalue weighted by molar-refractivity contribution is 0.0760. The van der Waals surface area contributed by atoms with Crippen LogP contribution < -0.4 is 0 Å². The highest BCUT2D eigenvalue weighted by atomic mass is 16.3. The Labute approximate surface area is 123 Å². The van der Waals surface area contributed by atoms with E-state index in [1.165, 1.54) is 12.5 Å². The molecule has 1 aliphatic heterocycles. The first-order valence-electron chi connectivity index (χ1n) is 7.26. The fraction of sp³-hybridized carbons (Fsp3) is 0.467. The molecule has 1 aliphatic rings. The van der Waals surface area contributed by atoms with Gasteiger partial charge in [-0.05, 0) is 19.4 Å². The van der Waals surface area contributed by atoms with Crippen molar-refractivity contribution in [3.05, 3.63) is 41.9 Å². The fourth-order valence-electron chi connectivity index (χ4n) is 2.69. The quantitative estimate of drug-likeness (QED) is 0.933. The van der Waals surface area contributed by atoms with Gasteiger partial charge in [-0.2, -0.15) is 0 Å². The lowest BCUT2D eigenvalue weighted by Crippen LogP contribution is -2.34. The summed E-state index contributed by atoms with van der Waals surface area (Å²) in [4.78, 5) is 24.1. The second-order valence-corrected chi connectivity index (χ2v) is 5.43. The van der Waals surface area contributed by atoms with Crippen LogP contribution in [0.4, 0.5) is 0 Å². The number of hydrogen-bond acceptors (Lipinski definition) is 4. The third kappa shape index (κ3) is 3.33. The number of imidazole rings is 1. The van der Waals surface area contributed by atoms with E-state index in [1.807, 2.05) is 18.0 Å². The van der Waals surface area contributed by atoms with Crippen LogP contribution in [0.25, 0.3) is 0 Å². The van der Waals surface area contributed by atoms with Gasteiger partial charge in [-0.25, -0.2) is 4.98 Å². The molecule has 1 saturated heterocycles. The van der Waals surface area contributed by atoms with Crippen molar-refractivity contribution >= 4 is 5.91 Å². The molecule has 21 heavy (non-hydrogen) atoms. The monoisotopic (exact) mass is 288 g/mol. The third-order valence-electron chi connectivity index (χ3n) is 3.79. The largest absolute Gasteiger partial charge is 0.472 e. The van der Waals surface area contributed by atoms with Gasteiger partial charge in [0.2, 0.25) is 0 Å². The van der Waals surface area contributed by atoms with Gasteiger partial charge in [-0.15, -0.1) is 0 Å². The van der Waals surface area contributed by atoms with Crippen LogP contribution in [-0.2, 0) is 6.54 Å². The number of aromatic amines is 1. The van der Waals surface area contributed by atoms with Gasteiger partial charge in [-0.1, -0.05) is 0 Å². The van der Waals surface area contributed by atoms with Gasteiger partial charge in [0, 0.05) is 44.6 Å². The number of carbonyl (C=O) groups excluding carboxylic acids is 1. The van der Waals surface area contributed by atoms with Crippen LogP contribution in [0.15, 0.2) is 29.2 Å². The van der Waals surface area contributed by atoms with Crippen LogP contribution >= 0.6 is 0 Å². The Bertz CT molecular complexity index is 591. The predicted octanol–water partition coefficient (Wildman–Crippen LogP) is 1.66. The number of furan rings is 1. The number of nitrogens with zero attached hydrogens (tertiary/aromatic N) is 3. The Balaban J connectivity index is 1.58. The molecule has 2 aromatic heterocycles. The molecule has 6 nitrogen and oxygen atoms in total. The average molecular weight is 288 g/mol. The summed E-state index contributed by atoms with van der Waals surface area (Å²) in [6.45, 7) is 6.22. The van der Waals surface area contributed by atoms with Crippen LogP contribution in [0.3, 0.4) is 0 Å². The second kappa shape index (κ2) is 6.13. The first-order chi connectivity index (χ1) is 10.2. The molecular formula is C15H20N4O2. The van der Waals surface area contributed by atoms with Crippen LogP contribution in [0.5, 0.6) is 0 Å². The van der Waals surface area contributed by atoms with Gasteiger partial charge in [0.05, 0.1) is 11.8 Å². The van der Waals surface area contributed by atoms with Gasteiger partial charge < -0.3 is 14.3 Å². The topological polar surface area (TPSA) is 65.4 Å². The number of H-pyrrole nitrogens is 1. The summed E-state index contributed by atoms with van der Waals surface area (Å²) in [7, 11) is 0. The summed E-state index contributed by atoms with van der Waals surface area (Å²) in [5, 5.41) is 0. The van der Waals surface area contributed by atoms with Crippen molar-refractivity contribution in [2.24, 2.45) is 0 Å². The number of aryl methyl sites for hydroxylation is 1. The smallest absolute Gasteiger partial charge is 0.257 e. The highest BCUT2D eigenvalue weighted by Crippen LogP contribution is 2.11. The minimum atomic E-state index is 0.0583. The van der Waals surface area contributed by atoms with Crippen molar-refractivity contribution in [2.75, 3.05) is 26.2 Å². The minimum Gasteiger partial charge on any atom is -0.472 e. The van der Waals surface area contributed by atoms with Crippen LogP contribution in [0.1, 0.15) is 28.3 Å². The fourth-order valence-corrected chi connectivity index (χ4v) is 2.69. The molecule has 0 aliphatic carbocycles. The molecule has 1 N–H and O–H groups in total. The molecule has 3 rings (SSSR count). The molecule has 0 saturated carbocycles. The molecule has 6 heteroatoms. The third-order valence-corrected chi connectivity index (χ3v) is 3.79. The van der Waals surface area contributed by atoms with E-state index in [0.29, 0.717) is 5.56 Å². The Morgan fingerprint density at radius 3 is 3.00 bits per heavy atom. The van der Waals surface area contributed by atoms with Crippen LogP contribution in [-0.4, -0.2) is 51.9 Å². The lowest BCUT2D eigenvalue weighted by atomic mass is 10.3. The molecule has 1 amide bonds. The van der Waals surface area contributed by atoms with E-state index in [-0.39, 0.29) is 5.91 Å². The molecule has 0 aromatic carbocycles. The minimum absolute atomic E-state index is 0.0583. The van der Waals surface area contributed by atoms with Crippen molar-refractivity contribution < 1.29 is 9.21 Å². The van der Waals surface area contributed by atoms with Gasteiger partial charge in [0.15, 0.2) is 0 Å². The molecule has 1 fully saturated rings. The summed E-state index contributed by atoms with van der Waals surface area (Å²) in [6, 6.07) is 1.72. The second-order valence-electron chi connectivity index (χ2n) is 5.43. The SMILES string of the molecule is Cc1ncc(CN2CCCN(C(=O)c3ccoc3)CC2)[nH]1. The normalized spacial score (nSPS) is 16.9. The van der Waals surface area contributed by atoms with Crippen molar-refractivity contribution in [3.8, 4) is 0 Å². The average Bonchev–Trinajstić information content (AvgIpc) is 3.08. The standard InChI is InChI=1S/C15H20N4O2/c1-12-16-9-14(17-12)10-18-4-2-5-19(7-6-18)15(20)13-3-8-21-11-13/h3,8-9,11H,2,4-7,10H2,1H3,(H,16,17). The van der Waals surface area contributed by atoms with Gasteiger partial charge >= 0.3 is 0 Å². The van der Waals surface area contributed by atoms with E-state index in [1.54, 1.807) is 6.07 Å². The number of carbonyl (C=O) groups is 1. The maximum absolute atomic E-state index is 12.3. The van der Waals surface area contributed by atoms with Crippen molar-refractivity contribution in [2.45, 2.75) is 19.9 Å². The first-order valence-corrected chi connectivity index (χ1v) is 7.26. The Morgan fingerprint density at radius 1 is 1.38 bits per heavy atom. The van der Waals surface area contributed by atoms with Gasteiger partial charge in [-0.3, -0.25) is 9.69 Å². The van der Waals surface area contributed by atoms with E-state index >= 15 is 0 Å². The van der Waals surface area contributed by atoms with Gasteiger partial charge in [0.1, 0.15) is 12.1 Å². The summed E-state index contributed by atoms with van der Waals surface area (Å²) in [6.07, 6.45) is 5.92. The van der Waals surface area contributed by atoms with E-state index in [0.717, 1.165) is 50.7 Å². The van der Waals surface area contributed by atoms with Crippen molar-refractivity contribution in [1.82, 2.24) is 19.8 Å². The number of rotatable bonds is 3.